The number of piperidine rings is 1. The van der Waals surface area contributed by atoms with Gasteiger partial charge in [-0.1, -0.05) is 42.5 Å². The highest BCUT2D eigenvalue weighted by molar-refractivity contribution is 6.00. The molecule has 3 heterocycles. The van der Waals surface area contributed by atoms with Gasteiger partial charge in [-0.05, 0) is 66.4 Å². The number of halogens is 4. The molecule has 1 amide bonds. The number of hydrogen-bond acceptors (Lipinski definition) is 5. The standard InChI is InChI=1S/C34H36F4N6O/c1-42(2)31(45)12-8-17-43(3)26-11-7-18-44(22-26)30-16-14-25(21-39-30)32(24-13-15-29-27(19-24)33(35)41-40-29)28(20-34(36,37)38)23-9-5-4-6-10-23/h4-6,8-10,12-16,19,21,26H,7,11,17-18,20,22H2,1-3H3,(H,40,41)/b12-8?,32-28-. The minimum atomic E-state index is -4.49. The number of anilines is 1. The lowest BCUT2D eigenvalue weighted by atomic mass is 9.88. The smallest absolute Gasteiger partial charge is 0.355 e. The number of aromatic amines is 1. The Morgan fingerprint density at radius 1 is 1.04 bits per heavy atom. The quantitative estimate of drug-likeness (QED) is 0.131. The number of likely N-dealkylation sites (N-methyl/N-ethyl adjacent to an activating group) is 2. The van der Waals surface area contributed by atoms with E-state index in [9.17, 15) is 22.4 Å². The average Bonchev–Trinajstić information content (AvgIpc) is 3.40. The number of amides is 1. The van der Waals surface area contributed by atoms with Gasteiger partial charge in [-0.3, -0.25) is 14.8 Å². The minimum Gasteiger partial charge on any atom is -0.355 e. The van der Waals surface area contributed by atoms with Gasteiger partial charge in [0.25, 0.3) is 0 Å². The van der Waals surface area contributed by atoms with E-state index in [1.807, 2.05) is 19.2 Å². The molecule has 4 aromatic rings. The number of allylic oxidation sites excluding steroid dienone is 1. The van der Waals surface area contributed by atoms with Crippen LogP contribution in [0.4, 0.5) is 23.4 Å². The molecule has 5 rings (SSSR count). The summed E-state index contributed by atoms with van der Waals surface area (Å²) in [6, 6.07) is 17.1. The molecule has 45 heavy (non-hydrogen) atoms. The molecule has 236 valence electrons. The van der Waals surface area contributed by atoms with E-state index in [4.69, 9.17) is 4.98 Å². The van der Waals surface area contributed by atoms with Crippen molar-refractivity contribution in [1.82, 2.24) is 25.0 Å². The largest absolute Gasteiger partial charge is 0.393 e. The van der Waals surface area contributed by atoms with Crippen LogP contribution in [-0.2, 0) is 4.79 Å². The van der Waals surface area contributed by atoms with Crippen molar-refractivity contribution in [2.24, 2.45) is 0 Å². The normalized spacial score (nSPS) is 16.4. The second-order valence-electron chi connectivity index (χ2n) is 11.5. The Morgan fingerprint density at radius 2 is 1.80 bits per heavy atom. The number of carbonyl (C=O) groups is 1. The predicted octanol–water partition coefficient (Wildman–Crippen LogP) is 6.55. The van der Waals surface area contributed by atoms with Crippen LogP contribution >= 0.6 is 0 Å². The number of nitrogens with one attached hydrogen (secondary N) is 1. The van der Waals surface area contributed by atoms with E-state index < -0.39 is 18.5 Å². The summed E-state index contributed by atoms with van der Waals surface area (Å²) in [6.45, 7) is 2.15. The topological polar surface area (TPSA) is 68.4 Å². The second-order valence-corrected chi connectivity index (χ2v) is 11.5. The highest BCUT2D eigenvalue weighted by atomic mass is 19.4. The van der Waals surface area contributed by atoms with E-state index in [-0.39, 0.29) is 22.9 Å². The average molecular weight is 621 g/mol. The van der Waals surface area contributed by atoms with Crippen molar-refractivity contribution < 1.29 is 22.4 Å². The first kappa shape index (κ1) is 31.9. The van der Waals surface area contributed by atoms with E-state index in [0.717, 1.165) is 31.7 Å². The summed E-state index contributed by atoms with van der Waals surface area (Å²) in [5.74, 6) is 0.0102. The molecule has 2 aromatic carbocycles. The molecule has 11 heteroatoms. The fourth-order valence-corrected chi connectivity index (χ4v) is 5.69. The highest BCUT2D eigenvalue weighted by Crippen LogP contribution is 2.40. The summed E-state index contributed by atoms with van der Waals surface area (Å²) in [5.41, 5.74) is 2.12. The highest BCUT2D eigenvalue weighted by Gasteiger charge is 2.32. The van der Waals surface area contributed by atoms with Crippen LogP contribution in [0, 0.1) is 5.95 Å². The van der Waals surface area contributed by atoms with E-state index in [0.29, 0.717) is 34.3 Å². The van der Waals surface area contributed by atoms with E-state index >= 15 is 0 Å². The zero-order valence-electron chi connectivity index (χ0n) is 25.5. The summed E-state index contributed by atoms with van der Waals surface area (Å²) in [6.07, 6.45) is 1.32. The van der Waals surface area contributed by atoms with Gasteiger partial charge in [0.05, 0.1) is 17.3 Å². The SMILES string of the molecule is CN(C)C(=O)C=CCN(C)C1CCCN(c2ccc(/C(=C(/CC(F)(F)F)c3ccccc3)c3ccc4n[nH]c(F)c4c3)cn2)C1. The monoisotopic (exact) mass is 620 g/mol. The van der Waals surface area contributed by atoms with Gasteiger partial charge in [-0.25, -0.2) is 4.98 Å². The molecule has 2 aromatic heterocycles. The van der Waals surface area contributed by atoms with Crippen molar-refractivity contribution in [3.8, 4) is 0 Å². The number of H-pyrrole nitrogens is 1. The van der Waals surface area contributed by atoms with E-state index in [1.165, 1.54) is 11.0 Å². The summed E-state index contributed by atoms with van der Waals surface area (Å²) >= 11 is 0. The van der Waals surface area contributed by atoms with Crippen LogP contribution in [0.3, 0.4) is 0 Å². The summed E-state index contributed by atoms with van der Waals surface area (Å²) < 4.78 is 56.7. The van der Waals surface area contributed by atoms with Crippen LogP contribution in [0.5, 0.6) is 0 Å². The molecule has 1 aliphatic heterocycles. The fourth-order valence-electron chi connectivity index (χ4n) is 5.69. The van der Waals surface area contributed by atoms with Gasteiger partial charge in [0, 0.05) is 57.6 Å². The number of rotatable bonds is 9. The Hall–Kier alpha value is -4.51. The van der Waals surface area contributed by atoms with Crippen molar-refractivity contribution in [3.63, 3.8) is 0 Å². The molecule has 1 aliphatic rings. The van der Waals surface area contributed by atoms with Gasteiger partial charge < -0.3 is 9.80 Å². The molecule has 1 fully saturated rings. The number of hydrogen-bond donors (Lipinski definition) is 1. The van der Waals surface area contributed by atoms with Crippen molar-refractivity contribution in [2.45, 2.75) is 31.5 Å². The molecule has 0 radical (unpaired) electrons. The van der Waals surface area contributed by atoms with Gasteiger partial charge in [0.15, 0.2) is 0 Å². The third kappa shape index (κ3) is 7.78. The summed E-state index contributed by atoms with van der Waals surface area (Å²) in [5, 5.41) is 6.42. The van der Waals surface area contributed by atoms with Gasteiger partial charge in [0.1, 0.15) is 5.82 Å². The van der Waals surface area contributed by atoms with Crippen LogP contribution in [0.1, 0.15) is 36.0 Å². The first-order chi connectivity index (χ1) is 21.5. The molecule has 7 nitrogen and oxygen atoms in total. The van der Waals surface area contributed by atoms with E-state index in [2.05, 4.69) is 20.0 Å². The number of carbonyl (C=O) groups excluding carboxylic acids is 1. The number of aromatic nitrogens is 3. The molecular formula is C34H36F4N6O. The lowest BCUT2D eigenvalue weighted by molar-refractivity contribution is -0.124. The first-order valence-corrected chi connectivity index (χ1v) is 14.8. The van der Waals surface area contributed by atoms with Crippen LogP contribution < -0.4 is 4.90 Å². The predicted molar refractivity (Wildman–Crippen MR) is 169 cm³/mol. The third-order valence-corrected chi connectivity index (χ3v) is 8.07. The molecule has 0 saturated carbocycles. The zero-order chi connectivity index (χ0) is 32.1. The number of alkyl halides is 3. The number of benzene rings is 2. The fraction of sp³-hybridized carbons (Fsp3) is 0.324. The summed E-state index contributed by atoms with van der Waals surface area (Å²) in [4.78, 5) is 22.5. The van der Waals surface area contributed by atoms with Gasteiger partial charge in [0.2, 0.25) is 11.9 Å². The van der Waals surface area contributed by atoms with Crippen LogP contribution in [-0.4, -0.2) is 83.9 Å². The van der Waals surface area contributed by atoms with Crippen molar-refractivity contribution in [2.75, 3.05) is 45.7 Å². The Labute approximate surface area is 259 Å². The molecule has 1 N–H and O–H groups in total. The van der Waals surface area contributed by atoms with Crippen molar-refractivity contribution in [3.05, 3.63) is 102 Å². The molecular weight excluding hydrogens is 584 g/mol. The number of pyridine rings is 1. The first-order valence-electron chi connectivity index (χ1n) is 14.8. The molecule has 0 spiro atoms. The lowest BCUT2D eigenvalue weighted by Gasteiger charge is -2.38. The number of fused-ring (bicyclic) bond motifs is 1. The van der Waals surface area contributed by atoms with Crippen molar-refractivity contribution in [1.29, 1.82) is 0 Å². The molecule has 0 bridgehead atoms. The Kier molecular flexibility index (Phi) is 9.67. The lowest BCUT2D eigenvalue weighted by Crippen LogP contribution is -2.46. The number of nitrogens with zero attached hydrogens (tertiary/aromatic N) is 5. The van der Waals surface area contributed by atoms with Crippen LogP contribution in [0.25, 0.3) is 22.0 Å². The molecule has 1 saturated heterocycles. The zero-order valence-corrected chi connectivity index (χ0v) is 25.5. The van der Waals surface area contributed by atoms with Crippen LogP contribution in [0.15, 0.2) is 79.0 Å². The Balaban J connectivity index is 1.48. The maximum atomic E-state index is 14.5. The molecule has 1 unspecified atom stereocenters. The Morgan fingerprint density at radius 3 is 2.49 bits per heavy atom. The van der Waals surface area contributed by atoms with Gasteiger partial charge >= 0.3 is 6.18 Å². The minimum absolute atomic E-state index is 0.0631. The third-order valence-electron chi connectivity index (χ3n) is 8.07. The summed E-state index contributed by atoms with van der Waals surface area (Å²) in [7, 11) is 5.45. The van der Waals surface area contributed by atoms with Crippen LogP contribution in [0.2, 0.25) is 0 Å². The van der Waals surface area contributed by atoms with Gasteiger partial charge in [-0.15, -0.1) is 0 Å². The maximum absolute atomic E-state index is 14.5. The van der Waals surface area contributed by atoms with Gasteiger partial charge in [-0.2, -0.15) is 22.7 Å². The maximum Gasteiger partial charge on any atom is 0.393 e. The van der Waals surface area contributed by atoms with Crippen molar-refractivity contribution >= 4 is 33.8 Å². The van der Waals surface area contributed by atoms with E-state index in [1.54, 1.807) is 74.9 Å². The second kappa shape index (κ2) is 13.6. The Bertz CT molecular complexity index is 1680. The molecule has 1 atom stereocenters. The molecule has 0 aliphatic carbocycles.